The molecule has 458 valence electrons. The number of rotatable bonds is 31. The molecule has 3 aliphatic rings. The Morgan fingerprint density at radius 2 is 1.48 bits per heavy atom. The van der Waals surface area contributed by atoms with Crippen molar-refractivity contribution in [3.8, 4) is 33.1 Å². The fraction of sp³-hybridized carbons (Fsp3) is 0.455. The monoisotopic (exact) mass is 1200 g/mol. The Labute approximate surface area is 506 Å². The van der Waals surface area contributed by atoms with Gasteiger partial charge in [-0.25, -0.2) is 4.98 Å². The lowest BCUT2D eigenvalue weighted by atomic mass is 9.95. The fourth-order valence-electron chi connectivity index (χ4n) is 11.5. The minimum Gasteiger partial charge on any atom is -0.491 e. The summed E-state index contributed by atoms with van der Waals surface area (Å²) < 4.78 is 41.0. The minimum atomic E-state index is -0.830. The van der Waals surface area contributed by atoms with Crippen LogP contribution in [0, 0.1) is 27.7 Å². The maximum absolute atomic E-state index is 14.0. The number of ether oxygens (including phenoxy) is 7. The summed E-state index contributed by atoms with van der Waals surface area (Å²) in [5, 5.41) is 13.6. The summed E-state index contributed by atoms with van der Waals surface area (Å²) in [6.45, 7) is 15.9. The number of aliphatic hydroxyl groups excluding tert-OH is 1. The molecule has 3 aliphatic heterocycles. The van der Waals surface area contributed by atoms with E-state index in [4.69, 9.17) is 33.2 Å². The van der Waals surface area contributed by atoms with Crippen molar-refractivity contribution in [2.24, 2.45) is 0 Å². The normalized spacial score (nSPS) is 16.0. The quantitative estimate of drug-likeness (QED) is 0.0351. The summed E-state index contributed by atoms with van der Waals surface area (Å²) in [5.74, 6) is 0.345. The van der Waals surface area contributed by atoms with E-state index in [9.17, 15) is 29.1 Å². The van der Waals surface area contributed by atoms with Crippen LogP contribution in [0.1, 0.15) is 92.5 Å². The Morgan fingerprint density at radius 3 is 2.14 bits per heavy atom. The molecule has 6 aromatic rings. The number of pyridine rings is 1. The van der Waals surface area contributed by atoms with E-state index < -0.39 is 12.1 Å². The molecule has 9 rings (SSSR count). The molecule has 3 N–H and O–H groups in total. The van der Waals surface area contributed by atoms with Gasteiger partial charge in [-0.1, -0.05) is 42.5 Å². The van der Waals surface area contributed by atoms with Crippen LogP contribution in [0.3, 0.4) is 0 Å². The molecule has 2 aromatic heterocycles. The maximum Gasteiger partial charge on any atom is 0.254 e. The van der Waals surface area contributed by atoms with Crippen LogP contribution < -0.4 is 25.2 Å². The first-order valence-electron chi connectivity index (χ1n) is 29.8. The second kappa shape index (κ2) is 30.9. The van der Waals surface area contributed by atoms with Crippen molar-refractivity contribution in [2.45, 2.75) is 98.0 Å². The molecule has 20 heteroatoms. The molecule has 0 aliphatic carbocycles. The standard InChI is InChI=1S/C66H80N6O13S/c1-6-71(52-19-21-79-22-20-52)58-35-51(34-56(45(58)4)64(76)67-38-57-43(2)33-44(3)69-65(57)77)47-13-16-54(17-14-47)84-31-29-82-27-25-80-23-24-81-26-28-83-30-32-85-61-36-49(63-46(5)68-42-86-63)12-11-48(61)15-18-60(74)59-37-53(73)40-72(59)62(75)41-70-39-50-9-7-8-10-55(50)66(70)78/h7-14,16-17,33-36,42,52-53,59,73H,6,15,18-32,37-41H2,1-5H3,(H,67,76)(H,69,77)/t53-,59?/m1/s1. The number of aromatic nitrogens is 2. The highest BCUT2D eigenvalue weighted by Crippen LogP contribution is 2.36. The predicted octanol–water partition coefficient (Wildman–Crippen LogP) is 7.98. The maximum atomic E-state index is 14.0. The number of nitrogens with zero attached hydrogens (tertiary/aromatic N) is 4. The van der Waals surface area contributed by atoms with E-state index in [2.05, 4.69) is 33.2 Å². The number of likely N-dealkylation sites (tertiary alicyclic amines) is 1. The third kappa shape index (κ3) is 16.4. The molecule has 3 amide bonds. The van der Waals surface area contributed by atoms with Gasteiger partial charge in [-0.2, -0.15) is 0 Å². The Kier molecular flexibility index (Phi) is 22.7. The molecular formula is C66H80N6O13S. The summed E-state index contributed by atoms with van der Waals surface area (Å²) >= 11 is 1.54. The Bertz CT molecular complexity index is 3340. The van der Waals surface area contributed by atoms with Crippen molar-refractivity contribution >= 4 is 40.5 Å². The lowest BCUT2D eigenvalue weighted by Crippen LogP contribution is -2.46. The molecular weight excluding hydrogens is 1120 g/mol. The van der Waals surface area contributed by atoms with E-state index >= 15 is 0 Å². The second-order valence-electron chi connectivity index (χ2n) is 21.9. The predicted molar refractivity (Wildman–Crippen MR) is 328 cm³/mol. The zero-order valence-corrected chi connectivity index (χ0v) is 50.8. The number of anilines is 1. The van der Waals surface area contributed by atoms with Gasteiger partial charge in [-0.3, -0.25) is 24.0 Å². The van der Waals surface area contributed by atoms with Gasteiger partial charge in [-0.05, 0) is 135 Å². The van der Waals surface area contributed by atoms with E-state index in [-0.39, 0.29) is 74.2 Å². The third-order valence-corrected chi connectivity index (χ3v) is 17.0. The van der Waals surface area contributed by atoms with Gasteiger partial charge in [0.25, 0.3) is 17.4 Å². The minimum absolute atomic E-state index is 0.0414. The number of Topliss-reactive ketones (excluding diaryl/α,β-unsaturated/α-hetero) is 1. The molecule has 19 nitrogen and oxygen atoms in total. The van der Waals surface area contributed by atoms with Gasteiger partial charge < -0.3 is 63.3 Å². The van der Waals surface area contributed by atoms with Crippen LogP contribution in [0.2, 0.25) is 0 Å². The largest absolute Gasteiger partial charge is 0.491 e. The number of ketones is 1. The van der Waals surface area contributed by atoms with Crippen molar-refractivity contribution in [1.29, 1.82) is 0 Å². The summed E-state index contributed by atoms with van der Waals surface area (Å²) in [4.78, 5) is 80.6. The molecule has 0 bridgehead atoms. The van der Waals surface area contributed by atoms with E-state index in [1.165, 1.54) is 21.1 Å². The number of β-amino-alcohol motifs (C(OH)–C–C–N with tert-alkyl or cyclic N) is 1. The second-order valence-corrected chi connectivity index (χ2v) is 22.8. The number of carbonyl (C=O) groups is 4. The highest BCUT2D eigenvalue weighted by atomic mass is 32.1. The van der Waals surface area contributed by atoms with Gasteiger partial charge >= 0.3 is 0 Å². The first-order valence-corrected chi connectivity index (χ1v) is 30.7. The van der Waals surface area contributed by atoms with Gasteiger partial charge in [0, 0.05) is 86.3 Å². The van der Waals surface area contributed by atoms with E-state index in [0.29, 0.717) is 114 Å². The van der Waals surface area contributed by atoms with Gasteiger partial charge in [0.15, 0.2) is 5.78 Å². The van der Waals surface area contributed by atoms with Crippen molar-refractivity contribution < 1.29 is 57.4 Å². The number of hydrogen-bond donors (Lipinski definition) is 3. The Hall–Kier alpha value is -7.30. The summed E-state index contributed by atoms with van der Waals surface area (Å²) in [7, 11) is 0. The molecule has 2 fully saturated rings. The number of aromatic amines is 1. The molecule has 0 radical (unpaired) electrons. The van der Waals surface area contributed by atoms with Crippen molar-refractivity contribution in [3.05, 3.63) is 151 Å². The van der Waals surface area contributed by atoms with E-state index in [1.54, 1.807) is 17.6 Å². The van der Waals surface area contributed by atoms with Crippen molar-refractivity contribution in [2.75, 3.05) is 104 Å². The van der Waals surface area contributed by atoms with Gasteiger partial charge in [0.2, 0.25) is 5.91 Å². The van der Waals surface area contributed by atoms with Crippen LogP contribution in [0.4, 0.5) is 5.69 Å². The number of aryl methyl sites for hydroxylation is 4. The van der Waals surface area contributed by atoms with Gasteiger partial charge in [0.1, 0.15) is 31.3 Å². The summed E-state index contributed by atoms with van der Waals surface area (Å²) in [5.41, 5.74) is 12.1. The SMILES string of the molecule is CCN(c1cc(-c2ccc(OCCOCCOCCOCCOCCOc3cc(-c4scnc4C)ccc3CCC(=O)C3C[C@@H](O)CN3C(=O)CN3Cc4ccccc4C3=O)cc2)cc(C(=O)NCc2c(C)cc(C)[nH]c2=O)c1C)C1CCOCC1. The first-order chi connectivity index (χ1) is 41.8. The van der Waals surface area contributed by atoms with E-state index in [0.717, 1.165) is 80.3 Å². The molecule has 2 atom stereocenters. The molecule has 1 unspecified atom stereocenters. The average Bonchev–Trinajstić information content (AvgIpc) is 4.25. The lowest BCUT2D eigenvalue weighted by Gasteiger charge is -2.37. The van der Waals surface area contributed by atoms with Crippen LogP contribution in [0.15, 0.2) is 95.2 Å². The van der Waals surface area contributed by atoms with Crippen LogP contribution in [0.25, 0.3) is 21.6 Å². The van der Waals surface area contributed by atoms with Crippen LogP contribution >= 0.6 is 11.3 Å². The highest BCUT2D eigenvalue weighted by molar-refractivity contribution is 7.13. The first kappa shape index (κ1) is 63.2. The summed E-state index contributed by atoms with van der Waals surface area (Å²) in [6.07, 6.45) is 1.62. The number of benzene rings is 4. The lowest BCUT2D eigenvalue weighted by molar-refractivity contribution is -0.138. The number of thiazole rings is 1. The van der Waals surface area contributed by atoms with Crippen molar-refractivity contribution in [1.82, 2.24) is 25.1 Å². The van der Waals surface area contributed by atoms with Gasteiger partial charge in [-0.15, -0.1) is 11.3 Å². The number of amides is 3. The van der Waals surface area contributed by atoms with Crippen LogP contribution in [0.5, 0.6) is 11.5 Å². The van der Waals surface area contributed by atoms with Crippen LogP contribution in [-0.4, -0.2) is 165 Å². The number of hydrogen-bond acceptors (Lipinski definition) is 16. The van der Waals surface area contributed by atoms with E-state index in [1.807, 2.05) is 94.4 Å². The Balaban J connectivity index is 0.659. The van der Waals surface area contributed by atoms with Gasteiger partial charge in [0.05, 0.1) is 81.1 Å². The average molecular weight is 1200 g/mol. The fourth-order valence-corrected chi connectivity index (χ4v) is 12.3. The highest BCUT2D eigenvalue weighted by Gasteiger charge is 2.40. The topological polar surface area (TPSA) is 221 Å². The summed E-state index contributed by atoms with van der Waals surface area (Å²) in [6, 6.07) is 26.5. The third-order valence-electron chi connectivity index (χ3n) is 16.0. The number of carbonyl (C=O) groups excluding carboxylic acids is 4. The molecule has 0 saturated carbocycles. The molecule has 5 heterocycles. The molecule has 2 saturated heterocycles. The van der Waals surface area contributed by atoms with Crippen LogP contribution in [-0.2, 0) is 52.8 Å². The number of fused-ring (bicyclic) bond motifs is 1. The zero-order valence-electron chi connectivity index (χ0n) is 50.0. The smallest absolute Gasteiger partial charge is 0.254 e. The van der Waals surface area contributed by atoms with Crippen molar-refractivity contribution in [3.63, 3.8) is 0 Å². The number of H-pyrrole nitrogens is 1. The Morgan fingerprint density at radius 1 is 0.802 bits per heavy atom. The molecule has 0 spiro atoms. The molecule has 4 aromatic carbocycles. The number of aliphatic hydroxyl groups is 1. The zero-order chi connectivity index (χ0) is 60.5. The number of nitrogens with one attached hydrogen (secondary N) is 2. The molecule has 86 heavy (non-hydrogen) atoms.